The molecule has 2 saturated heterocycles. The molecular weight excluding hydrogens is 504 g/mol. The lowest BCUT2D eigenvalue weighted by molar-refractivity contribution is -0.137. The van der Waals surface area contributed by atoms with E-state index < -0.39 is 14.6 Å². The Morgan fingerprint density at radius 1 is 1.11 bits per heavy atom. The molecule has 5 heterocycles. The zero-order chi connectivity index (χ0) is 27.6. The summed E-state index contributed by atoms with van der Waals surface area (Å²) in [4.78, 5) is 28.8. The maximum Gasteiger partial charge on any atom is 0.244 e. The van der Waals surface area contributed by atoms with Crippen molar-refractivity contribution in [2.24, 2.45) is 0 Å². The summed E-state index contributed by atoms with van der Waals surface area (Å²) in [6, 6.07) is 3.57. The Kier molecular flexibility index (Phi) is 6.13. The summed E-state index contributed by atoms with van der Waals surface area (Å²) < 4.78 is 23.5. The third-order valence-electron chi connectivity index (χ3n) is 8.40. The zero-order valence-corrected chi connectivity index (χ0v) is 23.6. The molecular formula is C26H34N8O3S. The second kappa shape index (κ2) is 8.86. The highest BCUT2D eigenvalue weighted by Gasteiger charge is 2.57. The molecule has 0 bridgehead atoms. The minimum atomic E-state index is -3.40. The van der Waals surface area contributed by atoms with Gasteiger partial charge < -0.3 is 14.7 Å². The van der Waals surface area contributed by atoms with Crippen molar-refractivity contribution in [3.63, 3.8) is 0 Å². The average Bonchev–Trinajstić information content (AvgIpc) is 3.18. The molecule has 0 unspecified atom stereocenters. The maximum atomic E-state index is 13.4. The van der Waals surface area contributed by atoms with Crippen LogP contribution in [-0.4, -0.2) is 81.6 Å². The molecule has 3 atom stereocenters. The van der Waals surface area contributed by atoms with Crippen molar-refractivity contribution in [2.45, 2.75) is 76.6 Å². The largest absolute Gasteiger partial charge is 0.350 e. The third kappa shape index (κ3) is 3.82. The number of nitrogens with zero attached hydrogens (tertiary/aromatic N) is 8. The quantitative estimate of drug-likeness (QED) is 0.569. The number of carbonyl (C=O) groups is 1. The summed E-state index contributed by atoms with van der Waals surface area (Å²) in [6.07, 6.45) is 2.63. The lowest BCUT2D eigenvalue weighted by atomic mass is 9.87. The van der Waals surface area contributed by atoms with Gasteiger partial charge in [-0.05, 0) is 45.2 Å². The Bertz CT molecular complexity index is 1450. The predicted octanol–water partition coefficient (Wildman–Crippen LogP) is 2.13. The lowest BCUT2D eigenvalue weighted by Gasteiger charge is -2.49. The van der Waals surface area contributed by atoms with Crippen molar-refractivity contribution in [3.05, 3.63) is 29.2 Å². The van der Waals surface area contributed by atoms with E-state index in [0.717, 1.165) is 22.8 Å². The van der Waals surface area contributed by atoms with Gasteiger partial charge in [-0.2, -0.15) is 5.26 Å². The van der Waals surface area contributed by atoms with Crippen molar-refractivity contribution in [1.82, 2.24) is 25.1 Å². The molecule has 0 aromatic carbocycles. The van der Waals surface area contributed by atoms with Crippen LogP contribution in [0.3, 0.4) is 0 Å². The molecule has 12 heteroatoms. The van der Waals surface area contributed by atoms with E-state index in [1.54, 1.807) is 24.2 Å². The van der Waals surface area contributed by atoms with Gasteiger partial charge in [0, 0.05) is 42.7 Å². The predicted molar refractivity (Wildman–Crippen MR) is 143 cm³/mol. The molecule has 38 heavy (non-hydrogen) atoms. The highest BCUT2D eigenvalue weighted by molar-refractivity contribution is 7.95. The van der Waals surface area contributed by atoms with Gasteiger partial charge in [0.25, 0.3) is 0 Å². The van der Waals surface area contributed by atoms with Gasteiger partial charge in [0.2, 0.25) is 5.91 Å². The van der Waals surface area contributed by atoms with E-state index in [2.05, 4.69) is 44.9 Å². The van der Waals surface area contributed by atoms with Crippen LogP contribution in [0.5, 0.6) is 0 Å². The molecule has 202 valence electrons. The van der Waals surface area contributed by atoms with Gasteiger partial charge in [-0.1, -0.05) is 20.8 Å². The normalized spacial score (nSPS) is 27.4. The first kappa shape index (κ1) is 26.3. The molecule has 3 aliphatic heterocycles. The fourth-order valence-corrected chi connectivity index (χ4v) is 7.44. The van der Waals surface area contributed by atoms with Gasteiger partial charge in [0.05, 0.1) is 5.75 Å². The van der Waals surface area contributed by atoms with Crippen LogP contribution in [0.1, 0.15) is 64.8 Å². The van der Waals surface area contributed by atoms with Gasteiger partial charge >= 0.3 is 0 Å². The number of carbonyl (C=O) groups excluding carboxylic acids is 1. The van der Waals surface area contributed by atoms with Crippen molar-refractivity contribution in [1.29, 1.82) is 5.26 Å². The van der Waals surface area contributed by atoms with E-state index in [4.69, 9.17) is 4.98 Å². The number of amides is 1. The van der Waals surface area contributed by atoms with Gasteiger partial charge in [0.1, 0.15) is 28.8 Å². The second-order valence-electron chi connectivity index (χ2n) is 11.5. The van der Waals surface area contributed by atoms with E-state index in [-0.39, 0.29) is 34.9 Å². The van der Waals surface area contributed by atoms with E-state index >= 15 is 0 Å². The molecule has 2 aromatic rings. The van der Waals surface area contributed by atoms with E-state index in [1.165, 1.54) is 0 Å². The minimum Gasteiger partial charge on any atom is -0.350 e. The van der Waals surface area contributed by atoms with Crippen LogP contribution in [0, 0.1) is 11.3 Å². The van der Waals surface area contributed by atoms with Crippen LogP contribution in [0.15, 0.2) is 12.4 Å². The van der Waals surface area contributed by atoms with Gasteiger partial charge in [-0.3, -0.25) is 4.79 Å². The smallest absolute Gasteiger partial charge is 0.244 e. The van der Waals surface area contributed by atoms with Crippen molar-refractivity contribution in [3.8, 4) is 6.07 Å². The third-order valence-corrected chi connectivity index (χ3v) is 10.9. The lowest BCUT2D eigenvalue weighted by Crippen LogP contribution is -2.66. The minimum absolute atomic E-state index is 0.0706. The summed E-state index contributed by atoms with van der Waals surface area (Å²) in [7, 11) is -3.40. The molecule has 5 rings (SSSR count). The number of piperazine rings is 1. The summed E-state index contributed by atoms with van der Waals surface area (Å²) in [5.41, 5.74) is 1.90. The van der Waals surface area contributed by atoms with Crippen LogP contribution in [-0.2, 0) is 26.5 Å². The summed E-state index contributed by atoms with van der Waals surface area (Å²) in [6.45, 7) is 13.4. The Hall–Kier alpha value is -3.33. The number of hydrogen-bond donors (Lipinski definition) is 0. The average molecular weight is 539 g/mol. The Labute approximate surface area is 223 Å². The monoisotopic (exact) mass is 538 g/mol. The molecule has 0 aliphatic carbocycles. The molecule has 0 radical (unpaired) electrons. The number of aromatic nitrogens is 4. The maximum absolute atomic E-state index is 13.4. The Morgan fingerprint density at radius 2 is 1.82 bits per heavy atom. The van der Waals surface area contributed by atoms with Crippen molar-refractivity contribution in [2.75, 3.05) is 35.2 Å². The fourth-order valence-electron chi connectivity index (χ4n) is 5.91. The second-order valence-corrected chi connectivity index (χ2v) is 14.1. The number of nitriles is 1. The topological polar surface area (TPSA) is 136 Å². The van der Waals surface area contributed by atoms with Gasteiger partial charge in [-0.15, -0.1) is 10.2 Å². The van der Waals surface area contributed by atoms with E-state index in [9.17, 15) is 18.5 Å². The molecule has 11 nitrogen and oxygen atoms in total. The molecule has 0 N–H and O–H groups in total. The fraction of sp³-hybridized carbons (Fsp3) is 0.615. The highest BCUT2D eigenvalue weighted by atomic mass is 32.2. The highest BCUT2D eigenvalue weighted by Crippen LogP contribution is 2.47. The summed E-state index contributed by atoms with van der Waals surface area (Å²) in [5, 5.41) is 17.8. The molecule has 2 aromatic heterocycles. The standard InChI is InChI=1S/C26H34N8O3S/c1-7-18-10-19(11-27)30-31-21(18)34-14-25(4,5)20-22(28-15-29-23(20)34)32-12-17(3)33(13-16(32)2)24(35)26(6)8-9-38(26,36)37/h10,15-17H,7-9,12-14H2,1-6H3/t16-,17+,26+/m0/s1. The first-order chi connectivity index (χ1) is 17.8. The molecule has 0 spiro atoms. The van der Waals surface area contributed by atoms with Crippen LogP contribution in [0.4, 0.5) is 17.5 Å². The molecule has 3 aliphatic rings. The number of anilines is 3. The van der Waals surface area contributed by atoms with E-state index in [1.807, 2.05) is 20.8 Å². The van der Waals surface area contributed by atoms with Crippen LogP contribution in [0.2, 0.25) is 0 Å². The van der Waals surface area contributed by atoms with Crippen LogP contribution >= 0.6 is 0 Å². The SMILES string of the molecule is CCc1cc(C#N)nnc1N1CC(C)(C)c2c1ncnc2N1C[C@@H](C)N(C(=O)[C@@]2(C)CCS2(=O)=O)C[C@@H]1C. The van der Waals surface area contributed by atoms with Crippen molar-refractivity contribution >= 4 is 33.2 Å². The summed E-state index contributed by atoms with van der Waals surface area (Å²) in [5.74, 6) is 2.04. The number of sulfone groups is 1. The first-order valence-corrected chi connectivity index (χ1v) is 14.7. The van der Waals surface area contributed by atoms with Crippen LogP contribution < -0.4 is 9.80 Å². The zero-order valence-electron chi connectivity index (χ0n) is 22.8. The van der Waals surface area contributed by atoms with E-state index in [0.29, 0.717) is 38.3 Å². The number of rotatable bonds is 4. The number of fused-ring (bicyclic) bond motifs is 1. The Morgan fingerprint density at radius 3 is 2.42 bits per heavy atom. The molecule has 0 saturated carbocycles. The van der Waals surface area contributed by atoms with Crippen molar-refractivity contribution < 1.29 is 13.2 Å². The van der Waals surface area contributed by atoms with Gasteiger partial charge in [0.15, 0.2) is 21.3 Å². The van der Waals surface area contributed by atoms with Crippen LogP contribution in [0.25, 0.3) is 0 Å². The number of aryl methyl sites for hydroxylation is 1. The number of hydrogen-bond acceptors (Lipinski definition) is 10. The summed E-state index contributed by atoms with van der Waals surface area (Å²) >= 11 is 0. The van der Waals surface area contributed by atoms with Gasteiger partial charge in [-0.25, -0.2) is 18.4 Å². The molecule has 2 fully saturated rings. The molecule has 1 amide bonds. The Balaban J connectivity index is 1.49. The first-order valence-electron chi connectivity index (χ1n) is 13.0.